The predicted octanol–water partition coefficient (Wildman–Crippen LogP) is -0.187. The Morgan fingerprint density at radius 2 is 2.11 bits per heavy atom. The number of piperazine rings is 1. The third-order valence-corrected chi connectivity index (χ3v) is 3.08. The van der Waals surface area contributed by atoms with E-state index in [2.05, 4.69) is 28.8 Å². The van der Waals surface area contributed by atoms with Crippen LogP contribution in [0, 0.1) is 11.8 Å². The molecule has 1 N–H and O–H groups in total. The Balaban J connectivity index is 2.03. The number of carbonyl (C=O) groups is 1. The summed E-state index contributed by atoms with van der Waals surface area (Å²) in [7, 11) is 2.05. The Labute approximate surface area is 112 Å². The SMILES string of the molecule is CN1CCN(C(=O)c2ccc(C#CCO)cn2)CC1. The molecule has 1 aliphatic rings. The van der Waals surface area contributed by atoms with Gasteiger partial charge in [-0.15, -0.1) is 0 Å². The lowest BCUT2D eigenvalue weighted by molar-refractivity contribution is 0.0658. The van der Waals surface area contributed by atoms with Gasteiger partial charge in [-0.1, -0.05) is 11.8 Å². The maximum atomic E-state index is 12.2. The Morgan fingerprint density at radius 1 is 1.37 bits per heavy atom. The van der Waals surface area contributed by atoms with E-state index in [-0.39, 0.29) is 12.5 Å². The topological polar surface area (TPSA) is 56.7 Å². The highest BCUT2D eigenvalue weighted by atomic mass is 16.2. The molecule has 1 fully saturated rings. The molecule has 5 heteroatoms. The van der Waals surface area contributed by atoms with E-state index in [9.17, 15) is 4.79 Å². The number of aliphatic hydroxyl groups excluding tert-OH is 1. The normalized spacial score (nSPS) is 15.8. The zero-order valence-electron chi connectivity index (χ0n) is 11.0. The van der Waals surface area contributed by atoms with E-state index in [0.29, 0.717) is 11.3 Å². The third-order valence-electron chi connectivity index (χ3n) is 3.08. The van der Waals surface area contributed by atoms with Crippen LogP contribution in [0.25, 0.3) is 0 Å². The van der Waals surface area contributed by atoms with Crippen molar-refractivity contribution < 1.29 is 9.90 Å². The van der Waals surface area contributed by atoms with E-state index in [1.165, 1.54) is 0 Å². The summed E-state index contributed by atoms with van der Waals surface area (Å²) in [5.41, 5.74) is 1.14. The Bertz CT molecular complexity index is 494. The molecule has 1 aliphatic heterocycles. The molecule has 0 aromatic carbocycles. The van der Waals surface area contributed by atoms with Gasteiger partial charge >= 0.3 is 0 Å². The van der Waals surface area contributed by atoms with E-state index < -0.39 is 0 Å². The summed E-state index contributed by atoms with van der Waals surface area (Å²) in [6.45, 7) is 3.09. The number of hydrogen-bond donors (Lipinski definition) is 1. The highest BCUT2D eigenvalue weighted by molar-refractivity contribution is 5.92. The fraction of sp³-hybridized carbons (Fsp3) is 0.429. The molecule has 2 heterocycles. The van der Waals surface area contributed by atoms with Gasteiger partial charge in [0.1, 0.15) is 12.3 Å². The van der Waals surface area contributed by atoms with Crippen molar-refractivity contribution in [2.75, 3.05) is 39.8 Å². The highest BCUT2D eigenvalue weighted by Crippen LogP contribution is 2.06. The number of aliphatic hydroxyl groups is 1. The Hall–Kier alpha value is -1.90. The second kappa shape index (κ2) is 6.32. The van der Waals surface area contributed by atoms with Crippen LogP contribution in [-0.4, -0.2) is 65.6 Å². The zero-order valence-corrected chi connectivity index (χ0v) is 11.0. The average molecular weight is 259 g/mol. The number of aromatic nitrogens is 1. The van der Waals surface area contributed by atoms with Crippen LogP contribution in [-0.2, 0) is 0 Å². The first-order valence-electron chi connectivity index (χ1n) is 6.24. The molecule has 0 bridgehead atoms. The second-order valence-corrected chi connectivity index (χ2v) is 4.49. The van der Waals surface area contributed by atoms with Gasteiger partial charge in [-0.2, -0.15) is 0 Å². The summed E-state index contributed by atoms with van der Waals surface area (Å²) in [6, 6.07) is 3.43. The number of hydrogen-bond acceptors (Lipinski definition) is 4. The van der Waals surface area contributed by atoms with E-state index in [1.807, 2.05) is 4.90 Å². The fourth-order valence-electron chi connectivity index (χ4n) is 1.91. The maximum Gasteiger partial charge on any atom is 0.272 e. The fourth-order valence-corrected chi connectivity index (χ4v) is 1.91. The molecule has 0 aliphatic carbocycles. The summed E-state index contributed by atoms with van der Waals surface area (Å²) < 4.78 is 0. The average Bonchev–Trinajstić information content (AvgIpc) is 2.46. The first-order valence-corrected chi connectivity index (χ1v) is 6.24. The van der Waals surface area contributed by atoms with Crippen molar-refractivity contribution >= 4 is 5.91 Å². The van der Waals surface area contributed by atoms with E-state index in [1.54, 1.807) is 18.3 Å². The van der Waals surface area contributed by atoms with Gasteiger partial charge in [0.2, 0.25) is 0 Å². The maximum absolute atomic E-state index is 12.2. The molecule has 0 spiro atoms. The van der Waals surface area contributed by atoms with Gasteiger partial charge in [-0.25, -0.2) is 4.98 Å². The van der Waals surface area contributed by atoms with Crippen LogP contribution < -0.4 is 0 Å². The highest BCUT2D eigenvalue weighted by Gasteiger charge is 2.20. The molecular weight excluding hydrogens is 242 g/mol. The van der Waals surface area contributed by atoms with Crippen LogP contribution in [0.4, 0.5) is 0 Å². The van der Waals surface area contributed by atoms with Crippen LogP contribution >= 0.6 is 0 Å². The van der Waals surface area contributed by atoms with Crippen molar-refractivity contribution in [3.63, 3.8) is 0 Å². The Morgan fingerprint density at radius 3 is 2.68 bits per heavy atom. The van der Waals surface area contributed by atoms with Gasteiger partial charge in [0.05, 0.1) is 0 Å². The summed E-state index contributed by atoms with van der Waals surface area (Å²) in [6.07, 6.45) is 1.56. The van der Waals surface area contributed by atoms with Crippen LogP contribution in [0.2, 0.25) is 0 Å². The summed E-state index contributed by atoms with van der Waals surface area (Å²) in [5.74, 6) is 5.27. The first kappa shape index (κ1) is 13.5. The number of likely N-dealkylation sites (N-methyl/N-ethyl adjacent to an activating group) is 1. The van der Waals surface area contributed by atoms with Crippen molar-refractivity contribution in [1.29, 1.82) is 0 Å². The van der Waals surface area contributed by atoms with Crippen molar-refractivity contribution in [3.8, 4) is 11.8 Å². The standard InChI is InChI=1S/C14H17N3O2/c1-16-6-8-17(9-7-16)14(19)13-5-4-12(11-15-13)3-2-10-18/h4-5,11,18H,6-10H2,1H3. The molecule has 1 saturated heterocycles. The molecule has 19 heavy (non-hydrogen) atoms. The molecule has 0 unspecified atom stereocenters. The lowest BCUT2D eigenvalue weighted by atomic mass is 10.2. The van der Waals surface area contributed by atoms with E-state index in [4.69, 9.17) is 5.11 Å². The van der Waals surface area contributed by atoms with Crippen LogP contribution in [0.5, 0.6) is 0 Å². The van der Waals surface area contributed by atoms with Gasteiger partial charge in [-0.05, 0) is 19.2 Å². The quantitative estimate of drug-likeness (QED) is 0.710. The molecule has 0 saturated carbocycles. The van der Waals surface area contributed by atoms with Crippen LogP contribution in [0.15, 0.2) is 18.3 Å². The van der Waals surface area contributed by atoms with Gasteiger partial charge in [0.15, 0.2) is 0 Å². The number of carbonyl (C=O) groups excluding carboxylic acids is 1. The minimum absolute atomic E-state index is 0.0326. The van der Waals surface area contributed by atoms with Crippen molar-refractivity contribution in [3.05, 3.63) is 29.6 Å². The largest absolute Gasteiger partial charge is 0.384 e. The van der Waals surface area contributed by atoms with Gasteiger partial charge in [0.25, 0.3) is 5.91 Å². The molecule has 100 valence electrons. The Kier molecular flexibility index (Phi) is 4.50. The van der Waals surface area contributed by atoms with Crippen molar-refractivity contribution in [1.82, 2.24) is 14.8 Å². The lowest BCUT2D eigenvalue weighted by Crippen LogP contribution is -2.47. The molecule has 0 radical (unpaired) electrons. The van der Waals surface area contributed by atoms with Gasteiger partial charge in [-0.3, -0.25) is 4.79 Å². The smallest absolute Gasteiger partial charge is 0.272 e. The number of nitrogens with zero attached hydrogens (tertiary/aromatic N) is 3. The first-order chi connectivity index (χ1) is 9.20. The molecule has 2 rings (SSSR count). The van der Waals surface area contributed by atoms with E-state index in [0.717, 1.165) is 26.2 Å². The molecule has 1 aromatic heterocycles. The third kappa shape index (κ3) is 3.53. The van der Waals surface area contributed by atoms with E-state index >= 15 is 0 Å². The van der Waals surface area contributed by atoms with Crippen molar-refractivity contribution in [2.45, 2.75) is 0 Å². The zero-order chi connectivity index (χ0) is 13.7. The molecule has 1 amide bonds. The van der Waals surface area contributed by atoms with Crippen molar-refractivity contribution in [2.24, 2.45) is 0 Å². The molecular formula is C14H17N3O2. The van der Waals surface area contributed by atoms with Gasteiger partial charge in [0, 0.05) is 37.9 Å². The summed E-state index contributed by atoms with van der Waals surface area (Å²) >= 11 is 0. The number of amides is 1. The lowest BCUT2D eigenvalue weighted by Gasteiger charge is -2.32. The minimum atomic E-state index is -0.179. The summed E-state index contributed by atoms with van der Waals surface area (Å²) in [4.78, 5) is 20.4. The van der Waals surface area contributed by atoms with Crippen LogP contribution in [0.1, 0.15) is 16.1 Å². The predicted molar refractivity (Wildman–Crippen MR) is 71.6 cm³/mol. The number of pyridine rings is 1. The molecule has 5 nitrogen and oxygen atoms in total. The molecule has 0 atom stereocenters. The molecule has 1 aromatic rings. The second-order valence-electron chi connectivity index (χ2n) is 4.49. The number of rotatable bonds is 1. The monoisotopic (exact) mass is 259 g/mol. The summed E-state index contributed by atoms with van der Waals surface area (Å²) in [5, 5.41) is 8.60. The van der Waals surface area contributed by atoms with Gasteiger partial charge < -0.3 is 14.9 Å². The van der Waals surface area contributed by atoms with Crippen LogP contribution in [0.3, 0.4) is 0 Å². The minimum Gasteiger partial charge on any atom is -0.384 e.